The molecule has 1 aliphatic heterocycles. The molecule has 1 atom stereocenters. The fourth-order valence-electron chi connectivity index (χ4n) is 2.06. The molecule has 1 heterocycles. The third kappa shape index (κ3) is 7.49. The van der Waals surface area contributed by atoms with Gasteiger partial charge in [0.1, 0.15) is 4.75 Å². The van der Waals surface area contributed by atoms with E-state index in [-0.39, 0.29) is 4.75 Å². The molecule has 0 saturated carbocycles. The first kappa shape index (κ1) is 17.8. The van der Waals surface area contributed by atoms with Gasteiger partial charge in [-0.25, -0.2) is 0 Å². The number of thioether (sulfide) groups is 1. The van der Waals surface area contributed by atoms with E-state index < -0.39 is 0 Å². The van der Waals surface area contributed by atoms with Crippen molar-refractivity contribution in [3.63, 3.8) is 0 Å². The number of nitriles is 1. The van der Waals surface area contributed by atoms with Gasteiger partial charge in [-0.05, 0) is 31.4 Å². The van der Waals surface area contributed by atoms with Crippen LogP contribution in [-0.4, -0.2) is 50.1 Å². The molecular formula is C15H27NO3S. The van der Waals surface area contributed by atoms with E-state index in [4.69, 9.17) is 14.2 Å². The van der Waals surface area contributed by atoms with Gasteiger partial charge in [-0.2, -0.15) is 5.26 Å². The van der Waals surface area contributed by atoms with Crippen molar-refractivity contribution in [1.29, 1.82) is 5.26 Å². The Balaban J connectivity index is 1.84. The Labute approximate surface area is 127 Å². The Morgan fingerprint density at radius 2 is 1.70 bits per heavy atom. The highest BCUT2D eigenvalue weighted by Crippen LogP contribution is 2.40. The van der Waals surface area contributed by atoms with E-state index in [1.54, 1.807) is 11.8 Å². The molecule has 4 nitrogen and oxygen atoms in total. The molecule has 1 saturated heterocycles. The van der Waals surface area contributed by atoms with Gasteiger partial charge >= 0.3 is 0 Å². The summed E-state index contributed by atoms with van der Waals surface area (Å²) in [4.78, 5) is 0. The van der Waals surface area contributed by atoms with E-state index >= 15 is 0 Å². The van der Waals surface area contributed by atoms with Gasteiger partial charge in [0.15, 0.2) is 0 Å². The molecule has 116 valence electrons. The number of rotatable bonds is 12. The number of unbranched alkanes of at least 4 members (excludes halogenated alkanes) is 1. The van der Waals surface area contributed by atoms with Crippen LogP contribution in [0.4, 0.5) is 0 Å². The van der Waals surface area contributed by atoms with Crippen LogP contribution in [0.5, 0.6) is 0 Å². The van der Waals surface area contributed by atoms with Crippen molar-refractivity contribution >= 4 is 11.8 Å². The molecule has 0 aromatic carbocycles. The van der Waals surface area contributed by atoms with Crippen LogP contribution in [0.25, 0.3) is 0 Å². The van der Waals surface area contributed by atoms with Gasteiger partial charge in [0.25, 0.3) is 0 Å². The quantitative estimate of drug-likeness (QED) is 0.519. The fourth-order valence-corrected chi connectivity index (χ4v) is 3.32. The summed E-state index contributed by atoms with van der Waals surface area (Å²) in [6.45, 7) is 6.11. The summed E-state index contributed by atoms with van der Waals surface area (Å²) in [6, 6.07) is 2.45. The summed E-state index contributed by atoms with van der Waals surface area (Å²) in [5.41, 5.74) is 0. The standard InChI is InChI=1S/C15H27NO3S/c1-2-3-7-17-9-11-19-12-10-18-8-6-15(14-16)5-4-13-20-15/h2-13H2,1H3. The van der Waals surface area contributed by atoms with Gasteiger partial charge in [-0.1, -0.05) is 13.3 Å². The average Bonchev–Trinajstić information content (AvgIpc) is 2.94. The molecule has 5 heteroatoms. The highest BCUT2D eigenvalue weighted by molar-refractivity contribution is 8.01. The van der Waals surface area contributed by atoms with E-state index in [0.29, 0.717) is 33.0 Å². The Bertz CT molecular complexity index is 275. The predicted molar refractivity (Wildman–Crippen MR) is 82.0 cm³/mol. The lowest BCUT2D eigenvalue weighted by atomic mass is 10.0. The number of ether oxygens (including phenoxy) is 3. The lowest BCUT2D eigenvalue weighted by molar-refractivity contribution is 0.0130. The van der Waals surface area contributed by atoms with Crippen LogP contribution in [0.15, 0.2) is 0 Å². The summed E-state index contributed by atoms with van der Waals surface area (Å²) in [6.07, 6.45) is 5.26. The maximum Gasteiger partial charge on any atom is 0.105 e. The Morgan fingerprint density at radius 1 is 1.05 bits per heavy atom. The van der Waals surface area contributed by atoms with Crippen molar-refractivity contribution in [3.8, 4) is 6.07 Å². The summed E-state index contributed by atoms with van der Waals surface area (Å²) >= 11 is 1.78. The van der Waals surface area contributed by atoms with Crippen molar-refractivity contribution in [2.24, 2.45) is 0 Å². The largest absolute Gasteiger partial charge is 0.379 e. The smallest absolute Gasteiger partial charge is 0.105 e. The summed E-state index contributed by atoms with van der Waals surface area (Å²) in [7, 11) is 0. The second kappa shape index (κ2) is 11.4. The maximum absolute atomic E-state index is 9.21. The van der Waals surface area contributed by atoms with Crippen LogP contribution in [0, 0.1) is 11.3 Å². The first-order valence-electron chi connectivity index (χ1n) is 7.61. The van der Waals surface area contributed by atoms with Gasteiger partial charge in [0.05, 0.1) is 32.5 Å². The zero-order valence-corrected chi connectivity index (χ0v) is 13.4. The van der Waals surface area contributed by atoms with Crippen molar-refractivity contribution in [1.82, 2.24) is 0 Å². The van der Waals surface area contributed by atoms with Crippen LogP contribution >= 0.6 is 11.8 Å². The van der Waals surface area contributed by atoms with Gasteiger partial charge in [-0.15, -0.1) is 11.8 Å². The number of nitrogens with zero attached hydrogens (tertiary/aromatic N) is 1. The minimum atomic E-state index is -0.187. The third-order valence-electron chi connectivity index (χ3n) is 3.34. The van der Waals surface area contributed by atoms with E-state index in [2.05, 4.69) is 13.0 Å². The molecular weight excluding hydrogens is 274 g/mol. The summed E-state index contributed by atoms with van der Waals surface area (Å²) in [5, 5.41) is 9.21. The van der Waals surface area contributed by atoms with Gasteiger partial charge in [0.2, 0.25) is 0 Å². The van der Waals surface area contributed by atoms with Crippen LogP contribution < -0.4 is 0 Å². The molecule has 0 aromatic rings. The molecule has 0 amide bonds. The monoisotopic (exact) mass is 301 g/mol. The Hall–Kier alpha value is -0.280. The molecule has 20 heavy (non-hydrogen) atoms. The molecule has 1 unspecified atom stereocenters. The second-order valence-corrected chi connectivity index (χ2v) is 6.48. The summed E-state index contributed by atoms with van der Waals surface area (Å²) < 4.78 is 16.2. The molecule has 0 aliphatic carbocycles. The summed E-state index contributed by atoms with van der Waals surface area (Å²) in [5.74, 6) is 1.11. The van der Waals surface area contributed by atoms with E-state index in [0.717, 1.165) is 44.5 Å². The van der Waals surface area contributed by atoms with Gasteiger partial charge < -0.3 is 14.2 Å². The highest BCUT2D eigenvalue weighted by Gasteiger charge is 2.34. The van der Waals surface area contributed by atoms with Crippen molar-refractivity contribution in [2.45, 2.75) is 43.8 Å². The fraction of sp³-hybridized carbons (Fsp3) is 0.933. The van der Waals surface area contributed by atoms with Gasteiger partial charge in [-0.3, -0.25) is 0 Å². The molecule has 0 bridgehead atoms. The first-order valence-corrected chi connectivity index (χ1v) is 8.60. The van der Waals surface area contributed by atoms with Crippen LogP contribution in [0.3, 0.4) is 0 Å². The number of hydrogen-bond donors (Lipinski definition) is 0. The van der Waals surface area contributed by atoms with Crippen molar-refractivity contribution in [3.05, 3.63) is 0 Å². The zero-order valence-electron chi connectivity index (χ0n) is 12.6. The Morgan fingerprint density at radius 3 is 2.25 bits per heavy atom. The normalized spacial score (nSPS) is 22.0. The molecule has 0 spiro atoms. The average molecular weight is 301 g/mol. The highest BCUT2D eigenvalue weighted by atomic mass is 32.2. The van der Waals surface area contributed by atoms with Crippen LogP contribution in [0.1, 0.15) is 39.0 Å². The predicted octanol–water partition coefficient (Wildman–Crippen LogP) is 3.02. The lowest BCUT2D eigenvalue weighted by Crippen LogP contribution is -2.21. The van der Waals surface area contributed by atoms with Gasteiger partial charge in [0, 0.05) is 13.2 Å². The minimum Gasteiger partial charge on any atom is -0.379 e. The second-order valence-electron chi connectivity index (χ2n) is 5.00. The minimum absolute atomic E-state index is 0.187. The zero-order chi connectivity index (χ0) is 14.5. The number of hydrogen-bond acceptors (Lipinski definition) is 5. The maximum atomic E-state index is 9.21. The van der Waals surface area contributed by atoms with Crippen LogP contribution in [0.2, 0.25) is 0 Å². The molecule has 1 aliphatic rings. The van der Waals surface area contributed by atoms with E-state index in [1.807, 2.05) is 0 Å². The van der Waals surface area contributed by atoms with E-state index in [1.165, 1.54) is 0 Å². The Kier molecular flexibility index (Phi) is 10.1. The SMILES string of the molecule is CCCCOCCOCCOCCC1(C#N)CCCS1. The van der Waals surface area contributed by atoms with Crippen molar-refractivity contribution in [2.75, 3.05) is 45.4 Å². The molecule has 1 fully saturated rings. The topological polar surface area (TPSA) is 51.5 Å². The molecule has 0 radical (unpaired) electrons. The first-order chi connectivity index (χ1) is 9.83. The third-order valence-corrected chi connectivity index (χ3v) is 4.89. The lowest BCUT2D eigenvalue weighted by Gasteiger charge is -2.18. The van der Waals surface area contributed by atoms with E-state index in [9.17, 15) is 5.26 Å². The molecule has 0 N–H and O–H groups in total. The van der Waals surface area contributed by atoms with Crippen molar-refractivity contribution < 1.29 is 14.2 Å². The molecule has 1 rings (SSSR count). The molecule has 0 aromatic heterocycles. The van der Waals surface area contributed by atoms with Crippen LogP contribution in [-0.2, 0) is 14.2 Å².